The van der Waals surface area contributed by atoms with Gasteiger partial charge in [0.05, 0.1) is 11.1 Å². The summed E-state index contributed by atoms with van der Waals surface area (Å²) in [6, 6.07) is 13.5. The number of benzene rings is 2. The molecule has 0 aliphatic heterocycles. The third-order valence-corrected chi connectivity index (χ3v) is 6.89. The lowest BCUT2D eigenvalue weighted by Gasteiger charge is -2.19. The molecule has 0 atom stereocenters. The molecule has 0 saturated heterocycles. The van der Waals surface area contributed by atoms with Crippen LogP contribution >= 0.6 is 27.3 Å². The smallest absolute Gasteiger partial charge is 0.268 e. The van der Waals surface area contributed by atoms with Gasteiger partial charge in [0.2, 0.25) is 5.13 Å². The molecule has 200 valence electrons. The maximum atomic E-state index is 12.6. The molecule has 0 spiro atoms. The summed E-state index contributed by atoms with van der Waals surface area (Å²) in [6.07, 6.45) is 2.20. The standard InChI is InChI=1S/C28H31BrN4O4S/c1-6-24-32-33-27(38-24)31-26(34)19(17-30)14-18-15-22(29)25(23(16-18)35-7-2)37-13-12-36-21-10-8-20(9-11-21)28(3,4)5/h8-11,14-16H,6-7,12-13H2,1-5H3,(H,31,33,34). The van der Waals surface area contributed by atoms with Crippen LogP contribution in [0.3, 0.4) is 0 Å². The van der Waals surface area contributed by atoms with Gasteiger partial charge in [-0.1, -0.05) is 51.2 Å². The number of hydrogen-bond donors (Lipinski definition) is 1. The molecule has 0 radical (unpaired) electrons. The number of amides is 1. The minimum absolute atomic E-state index is 0.0767. The van der Waals surface area contributed by atoms with Crippen LogP contribution in [0.5, 0.6) is 17.2 Å². The molecule has 0 bridgehead atoms. The topological polar surface area (TPSA) is 106 Å². The molecule has 38 heavy (non-hydrogen) atoms. The number of carbonyl (C=O) groups is 1. The first-order chi connectivity index (χ1) is 18.1. The van der Waals surface area contributed by atoms with Gasteiger partial charge in [0.25, 0.3) is 5.91 Å². The summed E-state index contributed by atoms with van der Waals surface area (Å²) in [7, 11) is 0. The van der Waals surface area contributed by atoms with E-state index in [0.29, 0.717) is 52.9 Å². The van der Waals surface area contributed by atoms with Crippen molar-refractivity contribution in [3.8, 4) is 23.3 Å². The van der Waals surface area contributed by atoms with Crippen LogP contribution in [0.15, 0.2) is 46.4 Å². The van der Waals surface area contributed by atoms with Crippen LogP contribution in [0.4, 0.5) is 5.13 Å². The number of nitriles is 1. The number of carbonyl (C=O) groups excluding carboxylic acids is 1. The summed E-state index contributed by atoms with van der Waals surface area (Å²) >= 11 is 4.80. The predicted octanol–water partition coefficient (Wildman–Crippen LogP) is 6.56. The first-order valence-corrected chi connectivity index (χ1v) is 13.8. The van der Waals surface area contributed by atoms with Gasteiger partial charge in [0.1, 0.15) is 35.6 Å². The summed E-state index contributed by atoms with van der Waals surface area (Å²) in [5, 5.41) is 21.3. The third kappa shape index (κ3) is 8.04. The van der Waals surface area contributed by atoms with Crippen molar-refractivity contribution >= 4 is 44.4 Å². The minimum atomic E-state index is -0.562. The molecular formula is C28H31BrN4O4S. The number of aryl methyl sites for hydroxylation is 1. The van der Waals surface area contributed by atoms with E-state index < -0.39 is 5.91 Å². The molecule has 1 aromatic heterocycles. The summed E-state index contributed by atoms with van der Waals surface area (Å²) in [5.74, 6) is 1.21. The molecule has 0 saturated carbocycles. The lowest BCUT2D eigenvalue weighted by molar-refractivity contribution is -0.112. The molecule has 0 aliphatic rings. The SMILES string of the molecule is CCOc1cc(C=C(C#N)C(=O)Nc2nnc(CC)s2)cc(Br)c1OCCOc1ccc(C(C)(C)C)cc1. The first kappa shape index (κ1) is 29.1. The number of ether oxygens (including phenoxy) is 3. The second kappa shape index (κ2) is 13.4. The van der Waals surface area contributed by atoms with Crippen LogP contribution in [-0.2, 0) is 16.6 Å². The molecule has 3 aromatic rings. The van der Waals surface area contributed by atoms with Gasteiger partial charge in [-0.3, -0.25) is 10.1 Å². The van der Waals surface area contributed by atoms with Crippen LogP contribution in [0.1, 0.15) is 50.8 Å². The number of rotatable bonds is 11. The van der Waals surface area contributed by atoms with E-state index in [1.165, 1.54) is 23.0 Å². The normalized spacial score (nSPS) is 11.6. The summed E-state index contributed by atoms with van der Waals surface area (Å²) in [4.78, 5) is 12.6. The van der Waals surface area contributed by atoms with Gasteiger partial charge in [0, 0.05) is 0 Å². The highest BCUT2D eigenvalue weighted by Crippen LogP contribution is 2.37. The molecule has 0 aliphatic carbocycles. The van der Waals surface area contributed by atoms with E-state index in [1.807, 2.05) is 32.0 Å². The lowest BCUT2D eigenvalue weighted by atomic mass is 9.87. The molecule has 0 unspecified atom stereocenters. The number of halogens is 1. The molecule has 10 heteroatoms. The Morgan fingerprint density at radius 2 is 1.82 bits per heavy atom. The average molecular weight is 600 g/mol. The van der Waals surface area contributed by atoms with Crippen LogP contribution in [0.25, 0.3) is 6.08 Å². The number of aromatic nitrogens is 2. The van der Waals surface area contributed by atoms with E-state index in [2.05, 4.69) is 64.3 Å². The van der Waals surface area contributed by atoms with Crippen molar-refractivity contribution < 1.29 is 19.0 Å². The first-order valence-electron chi connectivity index (χ1n) is 12.2. The molecule has 0 fully saturated rings. The summed E-state index contributed by atoms with van der Waals surface area (Å²) < 4.78 is 18.2. The fourth-order valence-corrected chi connectivity index (χ4v) is 4.60. The van der Waals surface area contributed by atoms with Gasteiger partial charge in [-0.05, 0) is 76.2 Å². The maximum absolute atomic E-state index is 12.6. The van der Waals surface area contributed by atoms with Crippen molar-refractivity contribution in [3.63, 3.8) is 0 Å². The van der Waals surface area contributed by atoms with Crippen molar-refractivity contribution in [1.82, 2.24) is 10.2 Å². The van der Waals surface area contributed by atoms with Gasteiger partial charge in [-0.15, -0.1) is 10.2 Å². The Morgan fingerprint density at radius 3 is 2.42 bits per heavy atom. The summed E-state index contributed by atoms with van der Waals surface area (Å²) in [5.41, 5.74) is 1.84. The predicted molar refractivity (Wildman–Crippen MR) is 153 cm³/mol. The van der Waals surface area contributed by atoms with Gasteiger partial charge in [-0.25, -0.2) is 0 Å². The number of nitrogens with one attached hydrogen (secondary N) is 1. The summed E-state index contributed by atoms with van der Waals surface area (Å²) in [6.45, 7) is 11.4. The Bertz CT molecular complexity index is 1320. The minimum Gasteiger partial charge on any atom is -0.490 e. The highest BCUT2D eigenvalue weighted by atomic mass is 79.9. The third-order valence-electron chi connectivity index (χ3n) is 5.32. The molecule has 3 rings (SSSR count). The Hall–Kier alpha value is -3.42. The molecule has 1 amide bonds. The number of anilines is 1. The van der Waals surface area contributed by atoms with Crippen LogP contribution in [0, 0.1) is 11.3 Å². The zero-order chi connectivity index (χ0) is 27.7. The van der Waals surface area contributed by atoms with Crippen molar-refractivity contribution in [3.05, 3.63) is 62.6 Å². The van der Waals surface area contributed by atoms with E-state index in [9.17, 15) is 10.1 Å². The molecular weight excluding hydrogens is 568 g/mol. The van der Waals surface area contributed by atoms with Gasteiger partial charge in [-0.2, -0.15) is 5.26 Å². The zero-order valence-corrected chi connectivity index (χ0v) is 24.5. The Morgan fingerprint density at radius 1 is 1.11 bits per heavy atom. The highest BCUT2D eigenvalue weighted by molar-refractivity contribution is 9.10. The molecule has 1 heterocycles. The van der Waals surface area contributed by atoms with E-state index in [0.717, 1.165) is 10.8 Å². The van der Waals surface area contributed by atoms with Gasteiger partial charge < -0.3 is 14.2 Å². The molecule has 2 aromatic carbocycles. The lowest BCUT2D eigenvalue weighted by Crippen LogP contribution is -2.13. The van der Waals surface area contributed by atoms with E-state index >= 15 is 0 Å². The zero-order valence-electron chi connectivity index (χ0n) is 22.1. The van der Waals surface area contributed by atoms with Gasteiger partial charge >= 0.3 is 0 Å². The van der Waals surface area contributed by atoms with E-state index in [-0.39, 0.29) is 11.0 Å². The van der Waals surface area contributed by atoms with Crippen molar-refractivity contribution in [2.75, 3.05) is 25.1 Å². The Balaban J connectivity index is 1.68. The van der Waals surface area contributed by atoms with Crippen molar-refractivity contribution in [2.24, 2.45) is 0 Å². The highest BCUT2D eigenvalue weighted by Gasteiger charge is 2.16. The fourth-order valence-electron chi connectivity index (χ4n) is 3.36. The largest absolute Gasteiger partial charge is 0.490 e. The van der Waals surface area contributed by atoms with Crippen molar-refractivity contribution in [2.45, 2.75) is 46.5 Å². The second-order valence-electron chi connectivity index (χ2n) is 9.21. The van der Waals surface area contributed by atoms with Gasteiger partial charge in [0.15, 0.2) is 11.5 Å². The maximum Gasteiger partial charge on any atom is 0.268 e. The van der Waals surface area contributed by atoms with E-state index in [4.69, 9.17) is 14.2 Å². The van der Waals surface area contributed by atoms with Crippen LogP contribution in [-0.4, -0.2) is 35.9 Å². The second-order valence-corrected chi connectivity index (χ2v) is 11.1. The number of nitrogens with zero attached hydrogens (tertiary/aromatic N) is 3. The monoisotopic (exact) mass is 598 g/mol. The van der Waals surface area contributed by atoms with Crippen molar-refractivity contribution in [1.29, 1.82) is 5.26 Å². The van der Waals surface area contributed by atoms with E-state index in [1.54, 1.807) is 12.1 Å². The Kier molecular flexibility index (Phi) is 10.3. The molecule has 8 nitrogen and oxygen atoms in total. The Labute approximate surface area is 235 Å². The van der Waals surface area contributed by atoms with Crippen LogP contribution in [0.2, 0.25) is 0 Å². The quantitative estimate of drug-likeness (QED) is 0.151. The molecule has 1 N–H and O–H groups in total. The average Bonchev–Trinajstić information content (AvgIpc) is 3.33. The fraction of sp³-hybridized carbons (Fsp3) is 0.357. The number of hydrogen-bond acceptors (Lipinski definition) is 8. The van der Waals surface area contributed by atoms with Crippen LogP contribution < -0.4 is 19.5 Å².